The zero-order chi connectivity index (χ0) is 29.7. The molecule has 216 valence electrons. The van der Waals surface area contributed by atoms with E-state index in [2.05, 4.69) is 15.4 Å². The van der Waals surface area contributed by atoms with Crippen molar-refractivity contribution in [3.63, 3.8) is 0 Å². The Bertz CT molecular complexity index is 1270. The van der Waals surface area contributed by atoms with Crippen molar-refractivity contribution in [2.75, 3.05) is 31.4 Å². The van der Waals surface area contributed by atoms with Crippen LogP contribution in [0.1, 0.15) is 47.1 Å². The standard InChI is InChI=1S/C19H22N2O6S.C7H9NO3S/c1-4-26-18(23)15-14(25-3)11-28-17(15)21-16(22)12(2)20-19(24)27-10-13-8-6-5-7-9-13;1-2-11-7(10)5-4(9)3-12-6(5)8/h5-9,11-12H,4,10H2,1-3H3,(H,20,24)(H,21,22);3,9H,2,8H2,1H3/t12-;/m0./s1. The molecule has 3 rings (SSSR count). The molecule has 0 aliphatic heterocycles. The summed E-state index contributed by atoms with van der Waals surface area (Å²) in [5.41, 5.74) is 6.47. The molecule has 40 heavy (non-hydrogen) atoms. The fourth-order valence-corrected chi connectivity index (χ4v) is 4.54. The average Bonchev–Trinajstić information content (AvgIpc) is 3.50. The smallest absolute Gasteiger partial charge is 0.408 e. The van der Waals surface area contributed by atoms with Crippen LogP contribution in [0.2, 0.25) is 0 Å². The highest BCUT2D eigenvalue weighted by atomic mass is 32.1. The van der Waals surface area contributed by atoms with Crippen molar-refractivity contribution in [2.45, 2.75) is 33.4 Å². The number of carbonyl (C=O) groups excluding carboxylic acids is 4. The number of aromatic hydroxyl groups is 1. The molecule has 0 bridgehead atoms. The van der Waals surface area contributed by atoms with E-state index >= 15 is 0 Å². The number of benzene rings is 1. The van der Waals surface area contributed by atoms with Crippen LogP contribution in [0.4, 0.5) is 14.8 Å². The van der Waals surface area contributed by atoms with Gasteiger partial charge in [-0.3, -0.25) is 4.79 Å². The van der Waals surface area contributed by atoms with Crippen LogP contribution in [0.25, 0.3) is 0 Å². The molecule has 5 N–H and O–H groups in total. The number of carbonyl (C=O) groups is 4. The van der Waals surface area contributed by atoms with Gasteiger partial charge in [-0.1, -0.05) is 30.3 Å². The molecule has 0 spiro atoms. The van der Waals surface area contributed by atoms with Gasteiger partial charge in [0.15, 0.2) is 0 Å². The number of alkyl carbamates (subject to hydrolysis) is 1. The number of hydrogen-bond acceptors (Lipinski definition) is 12. The summed E-state index contributed by atoms with van der Waals surface area (Å²) < 4.78 is 19.9. The monoisotopic (exact) mass is 593 g/mol. The number of hydrogen-bond donors (Lipinski definition) is 4. The molecule has 2 aromatic heterocycles. The molecule has 12 nitrogen and oxygen atoms in total. The van der Waals surface area contributed by atoms with Gasteiger partial charge in [0, 0.05) is 10.8 Å². The van der Waals surface area contributed by atoms with Crippen LogP contribution in [0.3, 0.4) is 0 Å². The Morgan fingerprint density at radius 2 is 1.57 bits per heavy atom. The van der Waals surface area contributed by atoms with Crippen LogP contribution < -0.4 is 21.1 Å². The van der Waals surface area contributed by atoms with E-state index in [0.717, 1.165) is 28.2 Å². The lowest BCUT2D eigenvalue weighted by molar-refractivity contribution is -0.117. The first-order valence-electron chi connectivity index (χ1n) is 12.0. The summed E-state index contributed by atoms with van der Waals surface area (Å²) in [5.74, 6) is -1.49. The van der Waals surface area contributed by atoms with Crippen LogP contribution in [0.5, 0.6) is 11.5 Å². The lowest BCUT2D eigenvalue weighted by Gasteiger charge is -2.14. The van der Waals surface area contributed by atoms with Gasteiger partial charge in [-0.05, 0) is 26.3 Å². The maximum absolute atomic E-state index is 12.4. The Balaban J connectivity index is 0.000000389. The van der Waals surface area contributed by atoms with E-state index in [9.17, 15) is 19.2 Å². The van der Waals surface area contributed by atoms with E-state index in [-0.39, 0.29) is 46.7 Å². The number of nitrogens with one attached hydrogen (secondary N) is 2. The highest BCUT2D eigenvalue weighted by Crippen LogP contribution is 2.35. The maximum atomic E-state index is 12.4. The second kappa shape index (κ2) is 16.0. The number of thiophene rings is 2. The molecule has 2 amide bonds. The Labute approximate surface area is 239 Å². The summed E-state index contributed by atoms with van der Waals surface area (Å²) in [5, 5.41) is 17.8. The number of anilines is 2. The largest absolute Gasteiger partial charge is 0.506 e. The fraction of sp³-hybridized carbons (Fsp3) is 0.308. The zero-order valence-corrected chi connectivity index (χ0v) is 24.0. The minimum Gasteiger partial charge on any atom is -0.506 e. The van der Waals surface area contributed by atoms with Gasteiger partial charge in [0.25, 0.3) is 0 Å². The van der Waals surface area contributed by atoms with Crippen molar-refractivity contribution in [3.8, 4) is 11.5 Å². The normalized spacial score (nSPS) is 10.8. The van der Waals surface area contributed by atoms with Crippen molar-refractivity contribution < 1.29 is 43.2 Å². The van der Waals surface area contributed by atoms with Gasteiger partial charge in [-0.15, -0.1) is 22.7 Å². The first-order chi connectivity index (χ1) is 19.1. The Hall–Kier alpha value is -4.30. The number of nitrogens with two attached hydrogens (primary N) is 1. The minimum absolute atomic E-state index is 0.0712. The molecule has 0 aliphatic rings. The SMILES string of the molecule is CCOC(=O)c1c(O)csc1N.CCOC(=O)c1c(OC)csc1NC(=O)[C@H](C)NC(=O)OCc1ccccc1. The van der Waals surface area contributed by atoms with Crippen molar-refractivity contribution >= 4 is 56.6 Å². The predicted octanol–water partition coefficient (Wildman–Crippen LogP) is 4.40. The van der Waals surface area contributed by atoms with Crippen LogP contribution >= 0.6 is 22.7 Å². The van der Waals surface area contributed by atoms with Gasteiger partial charge >= 0.3 is 18.0 Å². The number of nitrogen functional groups attached to an aromatic ring is 1. The summed E-state index contributed by atoms with van der Waals surface area (Å²) in [6.07, 6.45) is -0.721. The Kier molecular flexibility index (Phi) is 12.7. The van der Waals surface area contributed by atoms with E-state index in [1.54, 1.807) is 19.2 Å². The molecule has 0 unspecified atom stereocenters. The Morgan fingerprint density at radius 1 is 0.950 bits per heavy atom. The molecular weight excluding hydrogens is 562 g/mol. The van der Waals surface area contributed by atoms with Crippen LogP contribution in [0.15, 0.2) is 41.1 Å². The van der Waals surface area contributed by atoms with E-state index < -0.39 is 30.0 Å². The van der Waals surface area contributed by atoms with Gasteiger partial charge in [-0.2, -0.15) is 0 Å². The first kappa shape index (κ1) is 31.9. The summed E-state index contributed by atoms with van der Waals surface area (Å²) in [7, 11) is 1.42. The summed E-state index contributed by atoms with van der Waals surface area (Å²) >= 11 is 2.24. The van der Waals surface area contributed by atoms with Gasteiger partial charge < -0.3 is 40.4 Å². The molecule has 0 radical (unpaired) electrons. The number of ether oxygens (including phenoxy) is 4. The molecule has 1 aromatic carbocycles. The average molecular weight is 594 g/mol. The minimum atomic E-state index is -0.883. The molecular formula is C26H31N3O9S2. The second-order valence-electron chi connectivity index (χ2n) is 7.73. The van der Waals surface area contributed by atoms with Gasteiger partial charge in [0.2, 0.25) is 5.91 Å². The van der Waals surface area contributed by atoms with Crippen LogP contribution in [0, 0.1) is 0 Å². The molecule has 0 fully saturated rings. The van der Waals surface area contributed by atoms with E-state index in [0.29, 0.717) is 5.75 Å². The van der Waals surface area contributed by atoms with Gasteiger partial charge in [0.05, 0.1) is 20.3 Å². The predicted molar refractivity (Wildman–Crippen MR) is 151 cm³/mol. The second-order valence-corrected chi connectivity index (χ2v) is 9.52. The third-order valence-corrected chi connectivity index (χ3v) is 6.59. The lowest BCUT2D eigenvalue weighted by atomic mass is 10.2. The van der Waals surface area contributed by atoms with Crippen LogP contribution in [-0.2, 0) is 25.6 Å². The van der Waals surface area contributed by atoms with Crippen LogP contribution in [-0.4, -0.2) is 55.4 Å². The Morgan fingerprint density at radius 3 is 2.12 bits per heavy atom. The van der Waals surface area contributed by atoms with Crippen molar-refractivity contribution in [1.29, 1.82) is 0 Å². The molecule has 3 aromatic rings. The van der Waals surface area contributed by atoms with Gasteiger partial charge in [0.1, 0.15) is 45.3 Å². The highest BCUT2D eigenvalue weighted by molar-refractivity contribution is 7.15. The highest BCUT2D eigenvalue weighted by Gasteiger charge is 2.25. The molecule has 0 saturated carbocycles. The third-order valence-electron chi connectivity index (χ3n) is 4.91. The maximum Gasteiger partial charge on any atom is 0.408 e. The van der Waals surface area contributed by atoms with Gasteiger partial charge in [-0.25, -0.2) is 14.4 Å². The van der Waals surface area contributed by atoms with E-state index in [1.165, 1.54) is 19.4 Å². The lowest BCUT2D eigenvalue weighted by Crippen LogP contribution is -2.41. The molecule has 1 atom stereocenters. The molecule has 14 heteroatoms. The summed E-state index contributed by atoms with van der Waals surface area (Å²) in [4.78, 5) is 47.5. The summed E-state index contributed by atoms with van der Waals surface area (Å²) in [6.45, 7) is 5.44. The van der Waals surface area contributed by atoms with Crippen molar-refractivity contribution in [1.82, 2.24) is 5.32 Å². The molecule has 2 heterocycles. The summed E-state index contributed by atoms with van der Waals surface area (Å²) in [6, 6.07) is 8.30. The quantitative estimate of drug-likeness (QED) is 0.195. The van der Waals surface area contributed by atoms with Crippen molar-refractivity contribution in [2.24, 2.45) is 0 Å². The van der Waals surface area contributed by atoms with E-state index in [4.69, 9.17) is 25.1 Å². The zero-order valence-electron chi connectivity index (χ0n) is 22.3. The molecule has 0 saturated heterocycles. The number of esters is 2. The number of rotatable bonds is 10. The third kappa shape index (κ3) is 9.17. The number of methoxy groups -OCH3 is 1. The molecule has 0 aliphatic carbocycles. The first-order valence-corrected chi connectivity index (χ1v) is 13.7. The number of amides is 2. The van der Waals surface area contributed by atoms with Crippen molar-refractivity contribution in [3.05, 3.63) is 57.8 Å². The topological polar surface area (TPSA) is 176 Å². The van der Waals surface area contributed by atoms with E-state index in [1.807, 2.05) is 30.3 Å². The fourth-order valence-electron chi connectivity index (χ4n) is 2.98.